The van der Waals surface area contributed by atoms with Gasteiger partial charge < -0.3 is 14.8 Å². The molecule has 5 rings (SSSR count). The zero-order chi connectivity index (χ0) is 19.0. The Morgan fingerprint density at radius 3 is 2.30 bits per heavy atom. The van der Waals surface area contributed by atoms with Gasteiger partial charge in [0.25, 0.3) is 0 Å². The first-order valence-electron chi connectivity index (χ1n) is 10.2. The molecule has 1 aromatic rings. The molecule has 4 saturated carbocycles. The number of nitrogens with one attached hydrogen (secondary N) is 1. The predicted octanol–water partition coefficient (Wildman–Crippen LogP) is 4.44. The van der Waals surface area contributed by atoms with Gasteiger partial charge in [0.15, 0.2) is 0 Å². The first kappa shape index (κ1) is 18.4. The van der Waals surface area contributed by atoms with Gasteiger partial charge in [-0.25, -0.2) is 0 Å². The SMILES string of the molecule is COc1ccc(OC)c(/C=C/C(=O)N[C@@H](C)C23CC4CC(CC(C4)C2)C3)c1. The molecule has 4 bridgehead atoms. The van der Waals surface area contributed by atoms with E-state index >= 15 is 0 Å². The van der Waals surface area contributed by atoms with Gasteiger partial charge in [0.2, 0.25) is 5.91 Å². The lowest BCUT2D eigenvalue weighted by atomic mass is 9.48. The van der Waals surface area contributed by atoms with Crippen molar-refractivity contribution < 1.29 is 14.3 Å². The Morgan fingerprint density at radius 2 is 1.74 bits per heavy atom. The Bertz CT molecular complexity index is 704. The van der Waals surface area contributed by atoms with Crippen LogP contribution in [0, 0.1) is 23.2 Å². The van der Waals surface area contributed by atoms with Crippen LogP contribution in [0.25, 0.3) is 6.08 Å². The second kappa shape index (κ2) is 7.21. The van der Waals surface area contributed by atoms with E-state index in [0.717, 1.165) is 34.8 Å². The van der Waals surface area contributed by atoms with Gasteiger partial charge in [0.1, 0.15) is 11.5 Å². The Hall–Kier alpha value is -1.97. The summed E-state index contributed by atoms with van der Waals surface area (Å²) in [6.07, 6.45) is 11.6. The number of ether oxygens (including phenoxy) is 2. The van der Waals surface area contributed by atoms with Crippen LogP contribution < -0.4 is 14.8 Å². The molecule has 4 fully saturated rings. The van der Waals surface area contributed by atoms with Crippen LogP contribution in [0.2, 0.25) is 0 Å². The third-order valence-electron chi connectivity index (χ3n) is 7.21. The van der Waals surface area contributed by atoms with Gasteiger partial charge in [0, 0.05) is 17.7 Å². The van der Waals surface area contributed by atoms with E-state index in [1.165, 1.54) is 38.5 Å². The average molecular weight is 370 g/mol. The van der Waals surface area contributed by atoms with Gasteiger partial charge in [-0.15, -0.1) is 0 Å². The first-order chi connectivity index (χ1) is 13.0. The number of carbonyl (C=O) groups excluding carboxylic acids is 1. The highest BCUT2D eigenvalue weighted by Gasteiger charge is 2.53. The molecule has 1 atom stereocenters. The van der Waals surface area contributed by atoms with E-state index < -0.39 is 0 Å². The topological polar surface area (TPSA) is 47.6 Å². The van der Waals surface area contributed by atoms with Crippen LogP contribution in [-0.2, 0) is 4.79 Å². The highest BCUT2D eigenvalue weighted by atomic mass is 16.5. The quantitative estimate of drug-likeness (QED) is 0.754. The van der Waals surface area contributed by atoms with Crippen LogP contribution >= 0.6 is 0 Å². The zero-order valence-electron chi connectivity index (χ0n) is 16.7. The minimum absolute atomic E-state index is 0.0249. The number of benzene rings is 1. The van der Waals surface area contributed by atoms with E-state index in [0.29, 0.717) is 5.41 Å². The van der Waals surface area contributed by atoms with Crippen molar-refractivity contribution in [3.8, 4) is 11.5 Å². The van der Waals surface area contributed by atoms with Crippen molar-refractivity contribution in [1.82, 2.24) is 5.32 Å². The van der Waals surface area contributed by atoms with E-state index in [1.54, 1.807) is 20.3 Å². The fourth-order valence-corrected chi connectivity index (χ4v) is 6.26. The normalized spacial score (nSPS) is 32.5. The van der Waals surface area contributed by atoms with Crippen molar-refractivity contribution in [2.24, 2.45) is 23.2 Å². The standard InChI is InChI=1S/C23H31NO3/c1-15(23-12-16-8-17(13-23)10-18(9-16)14-23)24-22(25)7-4-19-11-20(26-2)5-6-21(19)27-3/h4-7,11,15-18H,8-10,12-14H2,1-3H3,(H,24,25)/b7-4+/t15-,16?,17?,18?,23?/m0/s1. The second-order valence-electron chi connectivity index (χ2n) is 8.95. The summed E-state index contributed by atoms with van der Waals surface area (Å²) in [7, 11) is 3.27. The van der Waals surface area contributed by atoms with Gasteiger partial charge in [0.05, 0.1) is 14.2 Å². The molecule has 0 saturated heterocycles. The van der Waals surface area contributed by atoms with Crippen LogP contribution in [0.3, 0.4) is 0 Å². The maximum absolute atomic E-state index is 12.6. The second-order valence-corrected chi connectivity index (χ2v) is 8.95. The molecule has 1 N–H and O–H groups in total. The van der Waals surface area contributed by atoms with Crippen LogP contribution in [-0.4, -0.2) is 26.2 Å². The largest absolute Gasteiger partial charge is 0.497 e. The lowest BCUT2D eigenvalue weighted by Crippen LogP contribution is -2.55. The molecular formula is C23H31NO3. The highest BCUT2D eigenvalue weighted by molar-refractivity contribution is 5.92. The lowest BCUT2D eigenvalue weighted by Gasteiger charge is -2.59. The van der Waals surface area contributed by atoms with Crippen molar-refractivity contribution >= 4 is 12.0 Å². The van der Waals surface area contributed by atoms with Gasteiger partial charge >= 0.3 is 0 Å². The molecule has 4 nitrogen and oxygen atoms in total. The van der Waals surface area contributed by atoms with Gasteiger partial charge in [-0.05, 0) is 92.9 Å². The molecular weight excluding hydrogens is 338 g/mol. The fourth-order valence-electron chi connectivity index (χ4n) is 6.26. The summed E-state index contributed by atoms with van der Waals surface area (Å²) >= 11 is 0. The molecule has 1 amide bonds. The summed E-state index contributed by atoms with van der Waals surface area (Å²) in [6.45, 7) is 2.21. The number of methoxy groups -OCH3 is 2. The van der Waals surface area contributed by atoms with Crippen molar-refractivity contribution in [3.63, 3.8) is 0 Å². The first-order valence-corrected chi connectivity index (χ1v) is 10.2. The van der Waals surface area contributed by atoms with Crippen LogP contribution in [0.4, 0.5) is 0 Å². The van der Waals surface area contributed by atoms with E-state index in [-0.39, 0.29) is 11.9 Å². The van der Waals surface area contributed by atoms with Crippen LogP contribution in [0.15, 0.2) is 24.3 Å². The number of carbonyl (C=O) groups is 1. The maximum atomic E-state index is 12.6. The molecule has 4 aliphatic carbocycles. The Balaban J connectivity index is 1.43. The summed E-state index contributed by atoms with van der Waals surface area (Å²) in [5.41, 5.74) is 1.17. The molecule has 0 spiro atoms. The molecule has 0 heterocycles. The van der Waals surface area contributed by atoms with E-state index in [4.69, 9.17) is 9.47 Å². The third kappa shape index (κ3) is 3.59. The monoisotopic (exact) mass is 369 g/mol. The summed E-state index contributed by atoms with van der Waals surface area (Å²) in [5.74, 6) is 4.14. The molecule has 1 aromatic carbocycles. The maximum Gasteiger partial charge on any atom is 0.244 e. The molecule has 27 heavy (non-hydrogen) atoms. The Morgan fingerprint density at radius 1 is 1.11 bits per heavy atom. The summed E-state index contributed by atoms with van der Waals surface area (Å²) < 4.78 is 10.7. The van der Waals surface area contributed by atoms with E-state index in [1.807, 2.05) is 24.3 Å². The van der Waals surface area contributed by atoms with E-state index in [2.05, 4.69) is 12.2 Å². The number of hydrogen-bond acceptors (Lipinski definition) is 3. The summed E-state index contributed by atoms with van der Waals surface area (Å²) in [6, 6.07) is 5.82. The van der Waals surface area contributed by atoms with Crippen LogP contribution in [0.1, 0.15) is 51.0 Å². The summed E-state index contributed by atoms with van der Waals surface area (Å²) in [4.78, 5) is 12.6. The Kier molecular flexibility index (Phi) is 4.92. The lowest BCUT2D eigenvalue weighted by molar-refractivity contribution is -0.121. The zero-order valence-corrected chi connectivity index (χ0v) is 16.7. The molecule has 0 radical (unpaired) electrons. The van der Waals surface area contributed by atoms with Crippen molar-refractivity contribution in [2.75, 3.05) is 14.2 Å². The third-order valence-corrected chi connectivity index (χ3v) is 7.21. The molecule has 146 valence electrons. The van der Waals surface area contributed by atoms with Crippen LogP contribution in [0.5, 0.6) is 11.5 Å². The molecule has 0 unspecified atom stereocenters. The highest BCUT2D eigenvalue weighted by Crippen LogP contribution is 2.61. The molecule has 4 aliphatic rings. The predicted molar refractivity (Wildman–Crippen MR) is 107 cm³/mol. The molecule has 4 heteroatoms. The van der Waals surface area contributed by atoms with Crippen molar-refractivity contribution in [3.05, 3.63) is 29.8 Å². The summed E-state index contributed by atoms with van der Waals surface area (Å²) in [5, 5.41) is 3.28. The van der Waals surface area contributed by atoms with Gasteiger partial charge in [-0.2, -0.15) is 0 Å². The van der Waals surface area contributed by atoms with Crippen molar-refractivity contribution in [1.29, 1.82) is 0 Å². The Labute approximate surface area is 162 Å². The minimum Gasteiger partial charge on any atom is -0.497 e. The molecule has 0 aromatic heterocycles. The number of amides is 1. The fraction of sp³-hybridized carbons (Fsp3) is 0.609. The van der Waals surface area contributed by atoms with Crippen molar-refractivity contribution in [2.45, 2.75) is 51.5 Å². The number of hydrogen-bond donors (Lipinski definition) is 1. The smallest absolute Gasteiger partial charge is 0.244 e. The van der Waals surface area contributed by atoms with E-state index in [9.17, 15) is 4.79 Å². The minimum atomic E-state index is -0.0249. The molecule has 0 aliphatic heterocycles. The van der Waals surface area contributed by atoms with Gasteiger partial charge in [-0.1, -0.05) is 0 Å². The number of rotatable bonds is 6. The van der Waals surface area contributed by atoms with Gasteiger partial charge in [-0.3, -0.25) is 4.79 Å². The average Bonchev–Trinajstić information content (AvgIpc) is 2.65.